The number of rotatable bonds is 6. The van der Waals surface area contributed by atoms with Gasteiger partial charge in [0.1, 0.15) is 0 Å². The van der Waals surface area contributed by atoms with E-state index in [1.54, 1.807) is 36.0 Å². The Bertz CT molecular complexity index is 681. The second-order valence-corrected chi connectivity index (χ2v) is 7.20. The van der Waals surface area contributed by atoms with Gasteiger partial charge in [0.15, 0.2) is 0 Å². The molecule has 2 N–H and O–H groups in total. The van der Waals surface area contributed by atoms with Gasteiger partial charge >= 0.3 is 0 Å². The largest absolute Gasteiger partial charge is 0.381 e. The molecule has 0 amide bonds. The van der Waals surface area contributed by atoms with Gasteiger partial charge in [-0.2, -0.15) is 0 Å². The van der Waals surface area contributed by atoms with Crippen molar-refractivity contribution in [1.29, 1.82) is 0 Å². The molecule has 0 aliphatic carbocycles. The monoisotopic (exact) mass is 322 g/mol. The van der Waals surface area contributed by atoms with E-state index in [4.69, 9.17) is 0 Å². The molecule has 112 valence electrons. The highest BCUT2D eigenvalue weighted by atomic mass is 32.2. The van der Waals surface area contributed by atoms with Crippen molar-refractivity contribution in [3.05, 3.63) is 54.1 Å². The van der Waals surface area contributed by atoms with E-state index < -0.39 is 10.0 Å². The first-order valence-electron chi connectivity index (χ1n) is 6.45. The second-order valence-electron chi connectivity index (χ2n) is 4.43. The van der Waals surface area contributed by atoms with Crippen molar-refractivity contribution < 1.29 is 8.42 Å². The van der Waals surface area contributed by atoms with Crippen LogP contribution in [0.5, 0.6) is 0 Å². The Morgan fingerprint density at radius 2 is 1.62 bits per heavy atom. The van der Waals surface area contributed by atoms with Crippen molar-refractivity contribution in [2.45, 2.75) is 16.3 Å². The first-order chi connectivity index (χ1) is 10.0. The maximum atomic E-state index is 11.6. The van der Waals surface area contributed by atoms with Crippen LogP contribution in [0, 0.1) is 0 Å². The van der Waals surface area contributed by atoms with E-state index in [1.165, 1.54) is 17.5 Å². The summed E-state index contributed by atoms with van der Waals surface area (Å²) in [6.07, 6.45) is 2.05. The quantitative estimate of drug-likeness (QED) is 0.803. The summed E-state index contributed by atoms with van der Waals surface area (Å²) in [7, 11) is -1.97. The summed E-state index contributed by atoms with van der Waals surface area (Å²) in [5, 5.41) is 3.27. The predicted molar refractivity (Wildman–Crippen MR) is 88.2 cm³/mol. The first kappa shape index (κ1) is 15.9. The summed E-state index contributed by atoms with van der Waals surface area (Å²) in [5.74, 6) is 0. The van der Waals surface area contributed by atoms with Gasteiger partial charge in [-0.05, 0) is 55.3 Å². The van der Waals surface area contributed by atoms with Gasteiger partial charge in [-0.15, -0.1) is 11.8 Å². The smallest absolute Gasteiger partial charge is 0.240 e. The van der Waals surface area contributed by atoms with Gasteiger partial charge in [-0.3, -0.25) is 0 Å². The minimum atomic E-state index is -3.37. The third-order valence-corrected chi connectivity index (χ3v) is 5.26. The zero-order chi connectivity index (χ0) is 15.3. The van der Waals surface area contributed by atoms with Crippen LogP contribution < -0.4 is 10.0 Å². The summed E-state index contributed by atoms with van der Waals surface area (Å²) < 4.78 is 25.5. The minimum Gasteiger partial charge on any atom is -0.381 e. The number of sulfonamides is 1. The molecule has 6 heteroatoms. The highest BCUT2D eigenvalue weighted by molar-refractivity contribution is 7.98. The lowest BCUT2D eigenvalue weighted by Crippen LogP contribution is -2.18. The molecule has 0 heterocycles. The Hall–Kier alpha value is -1.50. The van der Waals surface area contributed by atoms with Gasteiger partial charge in [0, 0.05) is 17.1 Å². The van der Waals surface area contributed by atoms with Gasteiger partial charge < -0.3 is 5.32 Å². The van der Waals surface area contributed by atoms with Gasteiger partial charge in [-0.25, -0.2) is 13.1 Å². The highest BCUT2D eigenvalue weighted by Gasteiger charge is 2.10. The molecule has 0 aliphatic heterocycles. The summed E-state index contributed by atoms with van der Waals surface area (Å²) in [6.45, 7) is 0.701. The van der Waals surface area contributed by atoms with Gasteiger partial charge in [0.25, 0.3) is 0 Å². The molecule has 2 rings (SSSR count). The van der Waals surface area contributed by atoms with Crippen molar-refractivity contribution in [3.8, 4) is 0 Å². The van der Waals surface area contributed by atoms with Crippen LogP contribution >= 0.6 is 11.8 Å². The molecule has 4 nitrogen and oxygen atoms in total. The van der Waals surface area contributed by atoms with Gasteiger partial charge in [0.2, 0.25) is 10.0 Å². The molecule has 0 fully saturated rings. The maximum absolute atomic E-state index is 11.6. The average Bonchev–Trinajstić information content (AvgIpc) is 2.54. The normalized spacial score (nSPS) is 11.3. The third-order valence-electron chi connectivity index (χ3n) is 3.09. The van der Waals surface area contributed by atoms with Crippen molar-refractivity contribution in [3.63, 3.8) is 0 Å². The molecule has 0 radical (unpaired) electrons. The number of anilines is 1. The van der Waals surface area contributed by atoms with Crippen LogP contribution in [-0.4, -0.2) is 21.7 Å². The van der Waals surface area contributed by atoms with Crippen molar-refractivity contribution in [2.75, 3.05) is 18.6 Å². The van der Waals surface area contributed by atoms with Crippen LogP contribution in [0.15, 0.2) is 58.3 Å². The third kappa shape index (κ3) is 4.23. The fourth-order valence-electron chi connectivity index (χ4n) is 1.82. The van der Waals surface area contributed by atoms with Crippen molar-refractivity contribution in [1.82, 2.24) is 4.72 Å². The molecular weight excluding hydrogens is 304 g/mol. The summed E-state index contributed by atoms with van der Waals surface area (Å²) in [4.78, 5) is 1.50. The molecular formula is C15H18N2O2S2. The average molecular weight is 322 g/mol. The lowest BCUT2D eigenvalue weighted by Gasteiger charge is -2.08. The van der Waals surface area contributed by atoms with E-state index in [1.807, 2.05) is 6.26 Å². The zero-order valence-corrected chi connectivity index (χ0v) is 13.6. The van der Waals surface area contributed by atoms with E-state index in [0.29, 0.717) is 6.54 Å². The van der Waals surface area contributed by atoms with E-state index in [0.717, 1.165) is 5.69 Å². The van der Waals surface area contributed by atoms with E-state index in [-0.39, 0.29) is 4.90 Å². The van der Waals surface area contributed by atoms with Gasteiger partial charge in [0.05, 0.1) is 4.90 Å². The zero-order valence-electron chi connectivity index (χ0n) is 12.0. The van der Waals surface area contributed by atoms with Crippen LogP contribution in [0.25, 0.3) is 0 Å². The van der Waals surface area contributed by atoms with Crippen molar-refractivity contribution in [2.24, 2.45) is 0 Å². The fourth-order valence-corrected chi connectivity index (χ4v) is 2.96. The Morgan fingerprint density at radius 3 is 2.14 bits per heavy atom. The molecule has 21 heavy (non-hydrogen) atoms. The van der Waals surface area contributed by atoms with E-state index in [9.17, 15) is 8.42 Å². The molecule has 0 aromatic heterocycles. The van der Waals surface area contributed by atoms with Crippen LogP contribution in [0.2, 0.25) is 0 Å². The SMILES string of the molecule is CNS(=O)(=O)c1ccc(NCc2ccc(SC)cc2)cc1. The summed E-state index contributed by atoms with van der Waals surface area (Å²) >= 11 is 1.71. The molecule has 0 aliphatic rings. The van der Waals surface area contributed by atoms with Gasteiger partial charge in [-0.1, -0.05) is 12.1 Å². The predicted octanol–water partition coefficient (Wildman–Crippen LogP) is 2.93. The second kappa shape index (κ2) is 6.98. The summed E-state index contributed by atoms with van der Waals surface area (Å²) in [6, 6.07) is 15.0. The number of hydrogen-bond acceptors (Lipinski definition) is 4. The Morgan fingerprint density at radius 1 is 1.00 bits per heavy atom. The molecule has 0 saturated heterocycles. The topological polar surface area (TPSA) is 58.2 Å². The van der Waals surface area contributed by atoms with E-state index >= 15 is 0 Å². The molecule has 2 aromatic rings. The Kier molecular flexibility index (Phi) is 5.27. The van der Waals surface area contributed by atoms with Crippen LogP contribution in [0.4, 0.5) is 5.69 Å². The molecule has 0 saturated carbocycles. The van der Waals surface area contributed by atoms with Crippen LogP contribution in [0.3, 0.4) is 0 Å². The standard InChI is InChI=1S/C15H18N2O2S2/c1-16-21(18,19)15-9-5-13(6-10-15)17-11-12-3-7-14(20-2)8-4-12/h3-10,16-17H,11H2,1-2H3. The number of thioether (sulfide) groups is 1. The molecule has 2 aromatic carbocycles. The fraction of sp³-hybridized carbons (Fsp3) is 0.200. The maximum Gasteiger partial charge on any atom is 0.240 e. The molecule has 0 unspecified atom stereocenters. The first-order valence-corrected chi connectivity index (χ1v) is 9.16. The number of benzene rings is 2. The lowest BCUT2D eigenvalue weighted by molar-refractivity contribution is 0.588. The summed E-state index contributed by atoms with van der Waals surface area (Å²) in [5.41, 5.74) is 2.07. The molecule has 0 atom stereocenters. The van der Waals surface area contributed by atoms with Crippen LogP contribution in [-0.2, 0) is 16.6 Å². The van der Waals surface area contributed by atoms with Crippen LogP contribution in [0.1, 0.15) is 5.56 Å². The minimum absolute atomic E-state index is 0.264. The lowest BCUT2D eigenvalue weighted by atomic mass is 10.2. The molecule has 0 spiro atoms. The molecule has 0 bridgehead atoms. The van der Waals surface area contributed by atoms with Crippen molar-refractivity contribution >= 4 is 27.5 Å². The number of nitrogens with one attached hydrogen (secondary N) is 2. The highest BCUT2D eigenvalue weighted by Crippen LogP contribution is 2.17. The Balaban J connectivity index is 2.00. The van der Waals surface area contributed by atoms with E-state index in [2.05, 4.69) is 34.3 Å². The Labute approximate surface area is 130 Å². The number of hydrogen-bond donors (Lipinski definition) is 2.